The van der Waals surface area contributed by atoms with E-state index in [0.29, 0.717) is 0 Å². The molecule has 3 saturated carbocycles. The van der Waals surface area contributed by atoms with Gasteiger partial charge in [-0.25, -0.2) is 0 Å². The SMILES string of the molecule is COC1(O[Si](C)(C)C)C(=C2CCCCC2)C12CCCCC2. The molecule has 0 aliphatic heterocycles. The predicted molar refractivity (Wildman–Crippen MR) is 89.8 cm³/mol. The Morgan fingerprint density at radius 3 is 1.95 bits per heavy atom. The van der Waals surface area contributed by atoms with Crippen molar-refractivity contribution >= 4 is 8.32 Å². The Bertz CT molecular complexity index is 421. The second-order valence-electron chi connectivity index (χ2n) is 8.22. The van der Waals surface area contributed by atoms with Gasteiger partial charge in [0.1, 0.15) is 0 Å². The van der Waals surface area contributed by atoms with E-state index in [0.717, 1.165) is 0 Å². The van der Waals surface area contributed by atoms with Crippen molar-refractivity contribution in [3.8, 4) is 0 Å². The van der Waals surface area contributed by atoms with Crippen LogP contribution < -0.4 is 0 Å². The summed E-state index contributed by atoms with van der Waals surface area (Å²) in [4.78, 5) is 0. The van der Waals surface area contributed by atoms with Crippen LogP contribution in [0.25, 0.3) is 0 Å². The summed E-state index contributed by atoms with van der Waals surface area (Å²) in [6.07, 6.45) is 13.3. The second kappa shape index (κ2) is 5.50. The van der Waals surface area contributed by atoms with Gasteiger partial charge in [-0.1, -0.05) is 31.3 Å². The van der Waals surface area contributed by atoms with Crippen LogP contribution >= 0.6 is 0 Å². The molecular formula is C18H32O2Si. The molecule has 1 spiro atoms. The van der Waals surface area contributed by atoms with Crippen LogP contribution in [0.15, 0.2) is 11.1 Å². The predicted octanol–water partition coefficient (Wildman–Crippen LogP) is 5.41. The first-order chi connectivity index (χ1) is 9.95. The number of allylic oxidation sites excluding steroid dienone is 1. The van der Waals surface area contributed by atoms with Crippen LogP contribution in [0.5, 0.6) is 0 Å². The molecule has 21 heavy (non-hydrogen) atoms. The van der Waals surface area contributed by atoms with Crippen molar-refractivity contribution in [3.05, 3.63) is 11.1 Å². The van der Waals surface area contributed by atoms with Gasteiger partial charge in [0.15, 0.2) is 14.1 Å². The highest BCUT2D eigenvalue weighted by atomic mass is 28.4. The number of ether oxygens (including phenoxy) is 1. The fourth-order valence-electron chi connectivity index (χ4n) is 4.91. The first-order valence-corrected chi connectivity index (χ1v) is 12.3. The summed E-state index contributed by atoms with van der Waals surface area (Å²) >= 11 is 0. The molecule has 120 valence electrons. The molecule has 0 radical (unpaired) electrons. The van der Waals surface area contributed by atoms with E-state index in [4.69, 9.17) is 9.16 Å². The smallest absolute Gasteiger partial charge is 0.192 e. The first-order valence-electron chi connectivity index (χ1n) is 8.93. The third-order valence-corrected chi connectivity index (χ3v) is 6.53. The number of methoxy groups -OCH3 is 1. The number of rotatable bonds is 3. The summed E-state index contributed by atoms with van der Waals surface area (Å²) in [5.74, 6) is -0.343. The third kappa shape index (κ3) is 2.55. The van der Waals surface area contributed by atoms with Gasteiger partial charge >= 0.3 is 0 Å². The third-order valence-electron chi connectivity index (χ3n) is 5.63. The molecule has 3 heteroatoms. The molecule has 0 N–H and O–H groups in total. The largest absolute Gasteiger partial charge is 0.387 e. The zero-order chi connectivity index (χ0) is 15.1. The van der Waals surface area contributed by atoms with Crippen LogP contribution in [0, 0.1) is 5.41 Å². The summed E-state index contributed by atoms with van der Waals surface area (Å²) < 4.78 is 12.8. The van der Waals surface area contributed by atoms with E-state index >= 15 is 0 Å². The highest BCUT2D eigenvalue weighted by molar-refractivity contribution is 6.69. The van der Waals surface area contributed by atoms with Gasteiger partial charge < -0.3 is 9.16 Å². The molecule has 3 aliphatic rings. The van der Waals surface area contributed by atoms with Crippen LogP contribution in [-0.2, 0) is 9.16 Å². The molecule has 0 bridgehead atoms. The van der Waals surface area contributed by atoms with Gasteiger partial charge in [0.25, 0.3) is 0 Å². The second-order valence-corrected chi connectivity index (χ2v) is 12.6. The van der Waals surface area contributed by atoms with Crippen molar-refractivity contribution in [1.29, 1.82) is 0 Å². The summed E-state index contributed by atoms with van der Waals surface area (Å²) in [5.41, 5.74) is 3.54. The van der Waals surface area contributed by atoms with Crippen LogP contribution in [0.1, 0.15) is 64.2 Å². The average molecular weight is 309 g/mol. The van der Waals surface area contributed by atoms with Gasteiger partial charge in [-0.2, -0.15) is 0 Å². The van der Waals surface area contributed by atoms with Gasteiger partial charge in [0.2, 0.25) is 0 Å². The highest BCUT2D eigenvalue weighted by Gasteiger charge is 2.75. The Balaban J connectivity index is 1.98. The Hall–Kier alpha value is -0.123. The molecule has 0 heterocycles. The van der Waals surface area contributed by atoms with E-state index in [-0.39, 0.29) is 11.2 Å². The molecule has 1 atom stereocenters. The highest BCUT2D eigenvalue weighted by Crippen LogP contribution is 2.73. The number of hydrogen-bond donors (Lipinski definition) is 0. The number of hydrogen-bond acceptors (Lipinski definition) is 2. The molecule has 3 rings (SSSR count). The Morgan fingerprint density at radius 1 is 0.857 bits per heavy atom. The minimum atomic E-state index is -1.63. The van der Waals surface area contributed by atoms with Gasteiger partial charge in [0, 0.05) is 7.11 Å². The van der Waals surface area contributed by atoms with Crippen molar-refractivity contribution < 1.29 is 9.16 Å². The molecule has 2 nitrogen and oxygen atoms in total. The fraction of sp³-hybridized carbons (Fsp3) is 0.889. The Kier molecular flexibility index (Phi) is 4.13. The van der Waals surface area contributed by atoms with E-state index in [9.17, 15) is 0 Å². The molecule has 3 aliphatic carbocycles. The zero-order valence-corrected chi connectivity index (χ0v) is 15.4. The zero-order valence-electron chi connectivity index (χ0n) is 14.4. The van der Waals surface area contributed by atoms with E-state index in [1.54, 1.807) is 11.1 Å². The average Bonchev–Trinajstić information content (AvgIpc) is 2.98. The lowest BCUT2D eigenvalue weighted by Crippen LogP contribution is -2.39. The molecule has 1 unspecified atom stereocenters. The summed E-state index contributed by atoms with van der Waals surface area (Å²) in [6.45, 7) is 6.89. The fourth-order valence-corrected chi connectivity index (χ4v) is 6.15. The molecular weight excluding hydrogens is 276 g/mol. The summed E-state index contributed by atoms with van der Waals surface area (Å²) in [5, 5.41) is 0. The maximum atomic E-state index is 6.70. The van der Waals surface area contributed by atoms with Crippen molar-refractivity contribution in [2.75, 3.05) is 7.11 Å². The monoisotopic (exact) mass is 308 g/mol. The topological polar surface area (TPSA) is 18.5 Å². The Morgan fingerprint density at radius 2 is 1.43 bits per heavy atom. The molecule has 0 aromatic carbocycles. The standard InChI is InChI=1S/C18H32O2Si/c1-19-18(20-21(2,3)4)16(15-11-7-5-8-12-15)17(18)13-9-6-10-14-17/h5-14H2,1-4H3. The first kappa shape index (κ1) is 15.8. The van der Waals surface area contributed by atoms with E-state index < -0.39 is 8.32 Å². The van der Waals surface area contributed by atoms with E-state index in [1.807, 2.05) is 7.11 Å². The molecule has 0 saturated heterocycles. The molecule has 0 amide bonds. The van der Waals surface area contributed by atoms with Crippen molar-refractivity contribution in [2.45, 2.75) is 89.6 Å². The van der Waals surface area contributed by atoms with E-state index in [1.165, 1.54) is 64.2 Å². The molecule has 0 aromatic rings. The lowest BCUT2D eigenvalue weighted by Gasteiger charge is -2.31. The van der Waals surface area contributed by atoms with Crippen molar-refractivity contribution in [2.24, 2.45) is 5.41 Å². The quantitative estimate of drug-likeness (QED) is 0.394. The normalized spacial score (nSPS) is 32.6. The van der Waals surface area contributed by atoms with Crippen LogP contribution in [-0.4, -0.2) is 21.2 Å². The Labute approximate surface area is 131 Å². The van der Waals surface area contributed by atoms with E-state index in [2.05, 4.69) is 19.6 Å². The lowest BCUT2D eigenvalue weighted by atomic mass is 9.83. The van der Waals surface area contributed by atoms with Gasteiger partial charge in [0.05, 0.1) is 5.41 Å². The van der Waals surface area contributed by atoms with Crippen molar-refractivity contribution in [3.63, 3.8) is 0 Å². The summed E-state index contributed by atoms with van der Waals surface area (Å²) in [6, 6.07) is 0. The maximum Gasteiger partial charge on any atom is 0.192 e. The summed E-state index contributed by atoms with van der Waals surface area (Å²) in [7, 11) is 0.256. The minimum absolute atomic E-state index is 0.243. The van der Waals surface area contributed by atoms with Gasteiger partial charge in [-0.15, -0.1) is 0 Å². The minimum Gasteiger partial charge on any atom is -0.387 e. The molecule has 3 fully saturated rings. The van der Waals surface area contributed by atoms with Crippen LogP contribution in [0.2, 0.25) is 19.6 Å². The maximum absolute atomic E-state index is 6.70. The lowest BCUT2D eigenvalue weighted by molar-refractivity contribution is -0.118. The van der Waals surface area contributed by atoms with Gasteiger partial charge in [-0.05, 0) is 63.7 Å². The van der Waals surface area contributed by atoms with Crippen LogP contribution in [0.3, 0.4) is 0 Å². The van der Waals surface area contributed by atoms with Gasteiger partial charge in [-0.3, -0.25) is 0 Å². The molecule has 0 aromatic heterocycles. The van der Waals surface area contributed by atoms with Crippen molar-refractivity contribution in [1.82, 2.24) is 0 Å². The van der Waals surface area contributed by atoms with Crippen LogP contribution in [0.4, 0.5) is 0 Å².